The van der Waals surface area contributed by atoms with E-state index in [4.69, 9.17) is 9.84 Å². The van der Waals surface area contributed by atoms with Crippen LogP contribution in [0.1, 0.15) is 18.4 Å². The van der Waals surface area contributed by atoms with E-state index in [1.165, 1.54) is 18.6 Å². The van der Waals surface area contributed by atoms with E-state index in [9.17, 15) is 4.39 Å². The zero-order valence-electron chi connectivity index (χ0n) is 9.79. The first kappa shape index (κ1) is 12.3. The monoisotopic (exact) mass is 239 g/mol. The molecule has 2 rings (SSSR count). The maximum Gasteiger partial charge on any atom is 0.165 e. The predicted molar refractivity (Wildman–Crippen MR) is 63.3 cm³/mol. The Morgan fingerprint density at radius 2 is 2.35 bits per heavy atom. The average Bonchev–Trinajstić information content (AvgIpc) is 2.35. The molecule has 1 aliphatic rings. The van der Waals surface area contributed by atoms with Gasteiger partial charge in [-0.25, -0.2) is 4.39 Å². The molecule has 0 radical (unpaired) electrons. The van der Waals surface area contributed by atoms with E-state index in [1.807, 2.05) is 0 Å². The van der Waals surface area contributed by atoms with Crippen LogP contribution < -0.4 is 5.32 Å². The van der Waals surface area contributed by atoms with Crippen molar-refractivity contribution in [3.8, 4) is 5.75 Å². The van der Waals surface area contributed by atoms with Gasteiger partial charge >= 0.3 is 0 Å². The number of aromatic hydroxyl groups is 1. The fraction of sp³-hybridized carbons (Fsp3) is 0.538. The van der Waals surface area contributed by atoms with Gasteiger partial charge in [-0.3, -0.25) is 0 Å². The van der Waals surface area contributed by atoms with Crippen LogP contribution in [0.2, 0.25) is 0 Å². The van der Waals surface area contributed by atoms with E-state index < -0.39 is 5.82 Å². The van der Waals surface area contributed by atoms with Gasteiger partial charge < -0.3 is 15.2 Å². The van der Waals surface area contributed by atoms with E-state index >= 15 is 0 Å². The summed E-state index contributed by atoms with van der Waals surface area (Å²) < 4.78 is 18.4. The fourth-order valence-corrected chi connectivity index (χ4v) is 2.05. The first-order valence-corrected chi connectivity index (χ1v) is 6.01. The number of hydrogen-bond acceptors (Lipinski definition) is 3. The summed E-state index contributed by atoms with van der Waals surface area (Å²) in [7, 11) is 0. The van der Waals surface area contributed by atoms with Gasteiger partial charge in [0.1, 0.15) is 0 Å². The Morgan fingerprint density at radius 1 is 1.47 bits per heavy atom. The van der Waals surface area contributed by atoms with Gasteiger partial charge in [-0.15, -0.1) is 0 Å². The summed E-state index contributed by atoms with van der Waals surface area (Å²) in [5.74, 6) is -0.301. The standard InChI is InChI=1S/C13H18FNO2/c14-12-6-10(3-4-13(12)16)7-15-8-11-2-1-5-17-9-11/h3-4,6,11,15-16H,1-2,5,7-9H2. The van der Waals surface area contributed by atoms with Gasteiger partial charge in [-0.05, 0) is 36.5 Å². The van der Waals surface area contributed by atoms with Crippen LogP contribution in [0.4, 0.5) is 4.39 Å². The smallest absolute Gasteiger partial charge is 0.165 e. The number of nitrogens with one attached hydrogen (secondary N) is 1. The third-order valence-corrected chi connectivity index (χ3v) is 3.03. The minimum Gasteiger partial charge on any atom is -0.505 e. The van der Waals surface area contributed by atoms with Crippen LogP contribution in [0, 0.1) is 11.7 Å². The summed E-state index contributed by atoms with van der Waals surface area (Å²) in [6.07, 6.45) is 2.32. The van der Waals surface area contributed by atoms with Crippen LogP contribution in [-0.2, 0) is 11.3 Å². The number of phenolic OH excluding ortho intramolecular Hbond substituents is 1. The molecule has 4 heteroatoms. The van der Waals surface area contributed by atoms with Gasteiger partial charge in [0, 0.05) is 19.7 Å². The topological polar surface area (TPSA) is 41.5 Å². The molecule has 0 saturated carbocycles. The van der Waals surface area contributed by atoms with Crippen molar-refractivity contribution in [2.75, 3.05) is 19.8 Å². The molecule has 1 fully saturated rings. The summed E-state index contributed by atoms with van der Waals surface area (Å²) in [4.78, 5) is 0. The Kier molecular flexibility index (Phi) is 4.34. The van der Waals surface area contributed by atoms with E-state index in [0.717, 1.165) is 31.7 Å². The lowest BCUT2D eigenvalue weighted by Crippen LogP contribution is -2.28. The Labute approximate surface area is 101 Å². The van der Waals surface area contributed by atoms with Gasteiger partial charge in [-0.2, -0.15) is 0 Å². The third-order valence-electron chi connectivity index (χ3n) is 3.03. The zero-order valence-corrected chi connectivity index (χ0v) is 9.79. The van der Waals surface area contributed by atoms with Crippen molar-refractivity contribution in [2.24, 2.45) is 5.92 Å². The molecule has 2 N–H and O–H groups in total. The minimum atomic E-state index is -0.565. The van der Waals surface area contributed by atoms with Crippen molar-refractivity contribution in [3.05, 3.63) is 29.6 Å². The number of benzene rings is 1. The van der Waals surface area contributed by atoms with Gasteiger partial charge in [0.2, 0.25) is 0 Å². The van der Waals surface area contributed by atoms with E-state index in [1.54, 1.807) is 6.07 Å². The SMILES string of the molecule is Oc1ccc(CNCC2CCCOC2)cc1F. The highest BCUT2D eigenvalue weighted by molar-refractivity contribution is 5.27. The number of hydrogen-bond donors (Lipinski definition) is 2. The number of halogens is 1. The van der Waals surface area contributed by atoms with Crippen LogP contribution in [0.5, 0.6) is 5.75 Å². The number of ether oxygens (including phenoxy) is 1. The number of phenols is 1. The summed E-state index contributed by atoms with van der Waals surface area (Å²) in [5.41, 5.74) is 0.844. The fourth-order valence-electron chi connectivity index (χ4n) is 2.05. The van der Waals surface area contributed by atoms with Crippen molar-refractivity contribution in [2.45, 2.75) is 19.4 Å². The van der Waals surface area contributed by atoms with Crippen LogP contribution in [-0.4, -0.2) is 24.9 Å². The quantitative estimate of drug-likeness (QED) is 0.845. The number of rotatable bonds is 4. The molecular formula is C13H18FNO2. The molecule has 1 aromatic carbocycles. The molecule has 1 heterocycles. The second-order valence-corrected chi connectivity index (χ2v) is 4.50. The largest absolute Gasteiger partial charge is 0.505 e. The first-order valence-electron chi connectivity index (χ1n) is 6.01. The van der Waals surface area contributed by atoms with Gasteiger partial charge in [0.15, 0.2) is 11.6 Å². The lowest BCUT2D eigenvalue weighted by atomic mass is 10.0. The van der Waals surface area contributed by atoms with Crippen LogP contribution in [0.25, 0.3) is 0 Å². The molecule has 3 nitrogen and oxygen atoms in total. The lowest BCUT2D eigenvalue weighted by molar-refractivity contribution is 0.0547. The molecule has 1 atom stereocenters. The summed E-state index contributed by atoms with van der Waals surface area (Å²) >= 11 is 0. The Hall–Kier alpha value is -1.13. The molecule has 1 aromatic rings. The summed E-state index contributed by atoms with van der Waals surface area (Å²) in [6.45, 7) is 3.20. The van der Waals surface area contributed by atoms with Crippen LogP contribution >= 0.6 is 0 Å². The van der Waals surface area contributed by atoms with Crippen LogP contribution in [0.3, 0.4) is 0 Å². The van der Waals surface area contributed by atoms with Crippen molar-refractivity contribution < 1.29 is 14.2 Å². The molecule has 1 unspecified atom stereocenters. The molecule has 0 aromatic heterocycles. The molecule has 1 aliphatic heterocycles. The maximum absolute atomic E-state index is 13.1. The van der Waals surface area contributed by atoms with Crippen molar-refractivity contribution >= 4 is 0 Å². The molecule has 17 heavy (non-hydrogen) atoms. The average molecular weight is 239 g/mol. The van der Waals surface area contributed by atoms with Crippen LogP contribution in [0.15, 0.2) is 18.2 Å². The highest BCUT2D eigenvalue weighted by Gasteiger charge is 2.13. The molecule has 0 amide bonds. The Balaban J connectivity index is 1.75. The lowest BCUT2D eigenvalue weighted by Gasteiger charge is -2.22. The van der Waals surface area contributed by atoms with Crippen molar-refractivity contribution in [1.82, 2.24) is 5.32 Å². The van der Waals surface area contributed by atoms with Gasteiger partial charge in [0.25, 0.3) is 0 Å². The third kappa shape index (κ3) is 3.68. The Bertz CT molecular complexity index is 364. The van der Waals surface area contributed by atoms with Gasteiger partial charge in [0.05, 0.1) is 6.61 Å². The van der Waals surface area contributed by atoms with E-state index in [-0.39, 0.29) is 5.75 Å². The summed E-state index contributed by atoms with van der Waals surface area (Å²) in [6, 6.07) is 4.47. The molecule has 1 saturated heterocycles. The zero-order chi connectivity index (χ0) is 12.1. The van der Waals surface area contributed by atoms with E-state index in [2.05, 4.69) is 5.32 Å². The normalized spacial score (nSPS) is 20.4. The molecule has 0 spiro atoms. The Morgan fingerprint density at radius 3 is 3.06 bits per heavy atom. The molecular weight excluding hydrogens is 221 g/mol. The minimum absolute atomic E-state index is 0.297. The van der Waals surface area contributed by atoms with E-state index in [0.29, 0.717) is 12.5 Å². The van der Waals surface area contributed by atoms with Crippen molar-refractivity contribution in [1.29, 1.82) is 0 Å². The molecule has 0 bridgehead atoms. The second kappa shape index (κ2) is 5.98. The molecule has 0 aliphatic carbocycles. The highest BCUT2D eigenvalue weighted by Crippen LogP contribution is 2.16. The molecule has 94 valence electrons. The highest BCUT2D eigenvalue weighted by atomic mass is 19.1. The maximum atomic E-state index is 13.1. The first-order chi connectivity index (χ1) is 8.25. The second-order valence-electron chi connectivity index (χ2n) is 4.50. The summed E-state index contributed by atoms with van der Waals surface area (Å²) in [5, 5.41) is 12.4. The van der Waals surface area contributed by atoms with Gasteiger partial charge in [-0.1, -0.05) is 6.07 Å². The predicted octanol–water partition coefficient (Wildman–Crippen LogP) is 2.05. The van der Waals surface area contributed by atoms with Crippen molar-refractivity contribution in [3.63, 3.8) is 0 Å².